The molecule has 2 atom stereocenters. The van der Waals surface area contributed by atoms with Gasteiger partial charge in [0, 0.05) is 19.0 Å². The number of anilines is 1. The molecule has 1 aromatic carbocycles. The Bertz CT molecular complexity index is 655. The standard InChI is InChI=1S/C14H15FN4/c1-19-12-4-2-3-11(15)13(12)18-14(19)17-10-6-5-9(7-10)8-16/h2-4,9-10H,5-7H2,1H3,(H,17,18). The molecule has 2 aromatic rings. The summed E-state index contributed by atoms with van der Waals surface area (Å²) in [6, 6.07) is 7.51. The molecule has 1 aliphatic carbocycles. The maximum absolute atomic E-state index is 13.7. The van der Waals surface area contributed by atoms with E-state index in [4.69, 9.17) is 5.26 Å². The molecular formula is C14H15FN4. The van der Waals surface area contributed by atoms with Crippen molar-refractivity contribution < 1.29 is 4.39 Å². The zero-order valence-electron chi connectivity index (χ0n) is 10.7. The highest BCUT2D eigenvalue weighted by molar-refractivity contribution is 5.79. The molecule has 3 rings (SSSR count). The predicted molar refractivity (Wildman–Crippen MR) is 71.0 cm³/mol. The van der Waals surface area contributed by atoms with E-state index in [-0.39, 0.29) is 17.8 Å². The number of nitriles is 1. The van der Waals surface area contributed by atoms with Crippen molar-refractivity contribution in [2.45, 2.75) is 25.3 Å². The molecule has 0 radical (unpaired) electrons. The summed E-state index contributed by atoms with van der Waals surface area (Å²) in [6.45, 7) is 0. The maximum Gasteiger partial charge on any atom is 0.203 e. The quantitative estimate of drug-likeness (QED) is 0.901. The van der Waals surface area contributed by atoms with Crippen molar-refractivity contribution in [3.8, 4) is 6.07 Å². The van der Waals surface area contributed by atoms with Crippen molar-refractivity contribution in [1.82, 2.24) is 9.55 Å². The Balaban J connectivity index is 1.88. The van der Waals surface area contributed by atoms with Crippen LogP contribution in [0.25, 0.3) is 11.0 Å². The topological polar surface area (TPSA) is 53.6 Å². The van der Waals surface area contributed by atoms with E-state index in [0.29, 0.717) is 11.5 Å². The summed E-state index contributed by atoms with van der Waals surface area (Å²) in [4.78, 5) is 4.32. The van der Waals surface area contributed by atoms with Crippen LogP contribution in [0.15, 0.2) is 18.2 Å². The molecule has 0 amide bonds. The molecule has 1 aliphatic rings. The molecule has 19 heavy (non-hydrogen) atoms. The number of halogens is 1. The first-order chi connectivity index (χ1) is 9.19. The third kappa shape index (κ3) is 2.03. The van der Waals surface area contributed by atoms with Crippen LogP contribution in [-0.4, -0.2) is 15.6 Å². The Hall–Kier alpha value is -2.09. The van der Waals surface area contributed by atoms with E-state index >= 15 is 0 Å². The van der Waals surface area contributed by atoms with Crippen LogP contribution < -0.4 is 5.32 Å². The average molecular weight is 258 g/mol. The molecule has 1 saturated carbocycles. The van der Waals surface area contributed by atoms with Crippen molar-refractivity contribution in [3.63, 3.8) is 0 Å². The summed E-state index contributed by atoms with van der Waals surface area (Å²) in [5.41, 5.74) is 1.17. The normalized spacial score (nSPS) is 22.6. The highest BCUT2D eigenvalue weighted by atomic mass is 19.1. The Kier molecular flexibility index (Phi) is 2.86. The van der Waals surface area contributed by atoms with Gasteiger partial charge in [0.15, 0.2) is 5.82 Å². The van der Waals surface area contributed by atoms with Gasteiger partial charge >= 0.3 is 0 Å². The van der Waals surface area contributed by atoms with Gasteiger partial charge in [-0.25, -0.2) is 9.37 Å². The lowest BCUT2D eigenvalue weighted by Gasteiger charge is -2.12. The van der Waals surface area contributed by atoms with E-state index in [0.717, 1.165) is 24.8 Å². The molecule has 0 bridgehead atoms. The average Bonchev–Trinajstić information content (AvgIpc) is 2.98. The monoisotopic (exact) mass is 258 g/mol. The number of benzene rings is 1. The molecule has 0 spiro atoms. The molecule has 98 valence electrons. The van der Waals surface area contributed by atoms with Crippen molar-refractivity contribution in [2.75, 3.05) is 5.32 Å². The highest BCUT2D eigenvalue weighted by Gasteiger charge is 2.25. The number of hydrogen-bond donors (Lipinski definition) is 1. The smallest absolute Gasteiger partial charge is 0.203 e. The van der Waals surface area contributed by atoms with Crippen LogP contribution in [-0.2, 0) is 7.05 Å². The maximum atomic E-state index is 13.7. The fraction of sp³-hybridized carbons (Fsp3) is 0.429. The SMILES string of the molecule is Cn1c(NC2CCC(C#N)C2)nc2c(F)cccc21. The summed E-state index contributed by atoms with van der Waals surface area (Å²) in [6.07, 6.45) is 2.72. The number of rotatable bonds is 2. The van der Waals surface area contributed by atoms with Gasteiger partial charge in [-0.05, 0) is 31.4 Å². The van der Waals surface area contributed by atoms with E-state index in [9.17, 15) is 4.39 Å². The van der Waals surface area contributed by atoms with E-state index in [2.05, 4.69) is 16.4 Å². The fourth-order valence-corrected chi connectivity index (χ4v) is 2.72. The summed E-state index contributed by atoms with van der Waals surface area (Å²) in [5, 5.41) is 12.2. The first-order valence-electron chi connectivity index (χ1n) is 6.46. The molecule has 1 fully saturated rings. The zero-order chi connectivity index (χ0) is 13.4. The Morgan fingerprint density at radius 2 is 2.32 bits per heavy atom. The number of hydrogen-bond acceptors (Lipinski definition) is 3. The van der Waals surface area contributed by atoms with Gasteiger partial charge in [-0.3, -0.25) is 0 Å². The van der Waals surface area contributed by atoms with E-state index in [1.165, 1.54) is 6.07 Å². The predicted octanol–water partition coefficient (Wildman–Crippen LogP) is 2.82. The number of nitrogens with one attached hydrogen (secondary N) is 1. The van der Waals surface area contributed by atoms with Gasteiger partial charge in [0.2, 0.25) is 5.95 Å². The van der Waals surface area contributed by atoms with Gasteiger partial charge in [0.25, 0.3) is 0 Å². The van der Waals surface area contributed by atoms with Gasteiger partial charge in [-0.15, -0.1) is 0 Å². The molecule has 1 aromatic heterocycles. The minimum Gasteiger partial charge on any atom is -0.353 e. The van der Waals surface area contributed by atoms with Crippen LogP contribution in [0.1, 0.15) is 19.3 Å². The molecular weight excluding hydrogens is 243 g/mol. The van der Waals surface area contributed by atoms with E-state index in [1.54, 1.807) is 6.07 Å². The van der Waals surface area contributed by atoms with Gasteiger partial charge < -0.3 is 9.88 Å². The van der Waals surface area contributed by atoms with Gasteiger partial charge in [-0.1, -0.05) is 6.07 Å². The molecule has 4 nitrogen and oxygen atoms in total. The molecule has 0 saturated heterocycles. The number of para-hydroxylation sites is 1. The highest BCUT2D eigenvalue weighted by Crippen LogP contribution is 2.28. The van der Waals surface area contributed by atoms with Crippen LogP contribution in [0.4, 0.5) is 10.3 Å². The fourth-order valence-electron chi connectivity index (χ4n) is 2.72. The second kappa shape index (κ2) is 4.54. The van der Waals surface area contributed by atoms with Gasteiger partial charge in [0.05, 0.1) is 11.6 Å². The Morgan fingerprint density at radius 1 is 1.47 bits per heavy atom. The third-order valence-corrected chi connectivity index (χ3v) is 3.81. The first kappa shape index (κ1) is 12.0. The largest absolute Gasteiger partial charge is 0.353 e. The van der Waals surface area contributed by atoms with Crippen molar-refractivity contribution in [1.29, 1.82) is 5.26 Å². The van der Waals surface area contributed by atoms with Crippen molar-refractivity contribution in [3.05, 3.63) is 24.0 Å². The minimum absolute atomic E-state index is 0.129. The number of imidazole rings is 1. The third-order valence-electron chi connectivity index (χ3n) is 3.81. The number of aryl methyl sites for hydroxylation is 1. The Labute approximate surface area is 110 Å². The van der Waals surface area contributed by atoms with Gasteiger partial charge in [-0.2, -0.15) is 5.26 Å². The second-order valence-corrected chi connectivity index (χ2v) is 5.08. The summed E-state index contributed by atoms with van der Waals surface area (Å²) in [7, 11) is 1.87. The molecule has 5 heteroatoms. The number of aromatic nitrogens is 2. The molecule has 0 aliphatic heterocycles. The lowest BCUT2D eigenvalue weighted by Crippen LogP contribution is -2.18. The zero-order valence-corrected chi connectivity index (χ0v) is 10.7. The summed E-state index contributed by atoms with van der Waals surface area (Å²) < 4.78 is 15.5. The van der Waals surface area contributed by atoms with E-state index in [1.807, 2.05) is 17.7 Å². The molecule has 2 unspecified atom stereocenters. The van der Waals surface area contributed by atoms with Gasteiger partial charge in [0.1, 0.15) is 5.52 Å². The van der Waals surface area contributed by atoms with Crippen LogP contribution in [0.2, 0.25) is 0 Å². The van der Waals surface area contributed by atoms with Crippen molar-refractivity contribution >= 4 is 17.0 Å². The number of nitrogens with zero attached hydrogens (tertiary/aromatic N) is 3. The Morgan fingerprint density at radius 3 is 3.00 bits per heavy atom. The first-order valence-corrected chi connectivity index (χ1v) is 6.46. The van der Waals surface area contributed by atoms with Crippen LogP contribution in [0.5, 0.6) is 0 Å². The van der Waals surface area contributed by atoms with Crippen LogP contribution >= 0.6 is 0 Å². The summed E-state index contributed by atoms with van der Waals surface area (Å²) >= 11 is 0. The molecule has 1 heterocycles. The second-order valence-electron chi connectivity index (χ2n) is 5.08. The number of fused-ring (bicyclic) bond motifs is 1. The van der Waals surface area contributed by atoms with Crippen molar-refractivity contribution in [2.24, 2.45) is 13.0 Å². The lowest BCUT2D eigenvalue weighted by atomic mass is 10.1. The molecule has 1 N–H and O–H groups in total. The van der Waals surface area contributed by atoms with Crippen LogP contribution in [0, 0.1) is 23.1 Å². The lowest BCUT2D eigenvalue weighted by molar-refractivity contribution is 0.637. The van der Waals surface area contributed by atoms with Crippen LogP contribution in [0.3, 0.4) is 0 Å². The summed E-state index contributed by atoms with van der Waals surface area (Å²) in [5.74, 6) is 0.495. The minimum atomic E-state index is -0.303. The van der Waals surface area contributed by atoms with E-state index < -0.39 is 0 Å².